The largest absolute Gasteiger partial charge is 0.416 e. The van der Waals surface area contributed by atoms with Crippen LogP contribution in [0.4, 0.5) is 29.5 Å². The predicted molar refractivity (Wildman–Crippen MR) is 115 cm³/mol. The number of nitrogens with zero attached hydrogens (tertiary/aromatic N) is 4. The van der Waals surface area contributed by atoms with Gasteiger partial charge in [-0.15, -0.1) is 0 Å². The summed E-state index contributed by atoms with van der Waals surface area (Å²) >= 11 is 0. The molecule has 4 aromatic rings. The summed E-state index contributed by atoms with van der Waals surface area (Å²) in [6, 6.07) is 10.7. The van der Waals surface area contributed by atoms with Crippen LogP contribution < -0.4 is 21.0 Å². The average molecular weight is 470 g/mol. The van der Waals surface area contributed by atoms with Gasteiger partial charge in [-0.25, -0.2) is 14.8 Å². The number of halogens is 3. The van der Waals surface area contributed by atoms with Gasteiger partial charge >= 0.3 is 18.1 Å². The molecule has 2 heterocycles. The highest BCUT2D eigenvalue weighted by molar-refractivity contribution is 5.98. The van der Waals surface area contributed by atoms with Gasteiger partial charge in [-0.1, -0.05) is 30.3 Å². The lowest BCUT2D eigenvalue weighted by atomic mass is 10.0. The van der Waals surface area contributed by atoms with Gasteiger partial charge in [0.05, 0.1) is 12.1 Å². The molecule has 9 nitrogen and oxygen atoms in total. The Morgan fingerprint density at radius 1 is 1.06 bits per heavy atom. The van der Waals surface area contributed by atoms with Crippen LogP contribution in [0.1, 0.15) is 17.2 Å². The van der Waals surface area contributed by atoms with Gasteiger partial charge in [-0.05, 0) is 28.4 Å². The summed E-state index contributed by atoms with van der Waals surface area (Å²) in [6.07, 6.45) is 1.78. The summed E-state index contributed by atoms with van der Waals surface area (Å²) in [5, 5.41) is 8.62. The number of nitrogens with two attached hydrogens (primary N) is 1. The second-order valence-corrected chi connectivity index (χ2v) is 7.20. The van der Waals surface area contributed by atoms with Crippen LogP contribution in [0.25, 0.3) is 11.1 Å². The molecule has 2 amide bonds. The fourth-order valence-corrected chi connectivity index (χ4v) is 3.25. The van der Waals surface area contributed by atoms with Crippen molar-refractivity contribution in [1.29, 1.82) is 0 Å². The molecular formula is C22H19F3N7O2+. The van der Waals surface area contributed by atoms with E-state index in [0.717, 1.165) is 28.8 Å². The van der Waals surface area contributed by atoms with E-state index in [1.807, 2.05) is 24.3 Å². The monoisotopic (exact) mass is 470 g/mol. The van der Waals surface area contributed by atoms with Gasteiger partial charge < -0.3 is 11.1 Å². The third-order valence-corrected chi connectivity index (χ3v) is 4.90. The molecule has 2 aromatic heterocycles. The first-order chi connectivity index (χ1) is 16.3. The Balaban J connectivity index is 1.43. The number of alkyl halides is 3. The number of benzene rings is 2. The van der Waals surface area contributed by atoms with E-state index in [2.05, 4.69) is 25.9 Å². The summed E-state index contributed by atoms with van der Waals surface area (Å²) < 4.78 is 45.1. The Kier molecular flexibility index (Phi) is 6.50. The third kappa shape index (κ3) is 5.35. The number of carbonyl (C=O) groups excluding carboxylic acids is 1. The first-order valence-electron chi connectivity index (χ1n) is 10.0. The number of hydrogen-bond donors (Lipinski definition) is 3. The molecule has 1 unspecified atom stereocenters. The molecule has 0 saturated carbocycles. The van der Waals surface area contributed by atoms with Gasteiger partial charge in [0.1, 0.15) is 6.33 Å². The topological polar surface area (TPSA) is 123 Å². The second kappa shape index (κ2) is 9.67. The number of hydrogen-bond acceptors (Lipinski definition) is 6. The average Bonchev–Trinajstić information content (AvgIpc) is 3.28. The van der Waals surface area contributed by atoms with Gasteiger partial charge in [0.25, 0.3) is 6.20 Å². The molecule has 0 radical (unpaired) electrons. The number of rotatable bonds is 6. The van der Waals surface area contributed by atoms with Crippen LogP contribution in [0.15, 0.2) is 78.0 Å². The third-order valence-electron chi connectivity index (χ3n) is 4.90. The van der Waals surface area contributed by atoms with Crippen LogP contribution in [0.2, 0.25) is 0 Å². The number of anilines is 2. The first kappa shape index (κ1) is 22.9. The number of nitrogens with one attached hydrogen (secondary N) is 2. The molecular weight excluding hydrogens is 451 g/mol. The zero-order chi connectivity index (χ0) is 24.1. The highest BCUT2D eigenvalue weighted by atomic mass is 19.4. The quantitative estimate of drug-likeness (QED) is 0.370. The Hall–Kier alpha value is -4.32. The molecule has 4 N–H and O–H groups in total. The maximum absolute atomic E-state index is 12.8. The number of aromatic nitrogens is 4. The zero-order valence-corrected chi connectivity index (χ0v) is 17.5. The number of amides is 2. The Bertz CT molecular complexity index is 1260. The lowest BCUT2D eigenvalue weighted by Crippen LogP contribution is -2.45. The molecule has 0 spiro atoms. The minimum atomic E-state index is -4.52. The SMILES string of the molecule is NCC(c1ccc(-c2cncnc2)cc1)[n+]1cc(NC(=O)Nc2cccc(C(F)(F)F)c2)on1. The van der Waals surface area contributed by atoms with Crippen molar-refractivity contribution in [2.24, 2.45) is 5.73 Å². The van der Waals surface area contributed by atoms with Crippen molar-refractivity contribution in [1.82, 2.24) is 15.2 Å². The van der Waals surface area contributed by atoms with Gasteiger partial charge in [0.15, 0.2) is 0 Å². The van der Waals surface area contributed by atoms with Crippen molar-refractivity contribution in [3.05, 3.63) is 84.6 Å². The molecule has 0 aliphatic heterocycles. The molecule has 174 valence electrons. The highest BCUT2D eigenvalue weighted by Gasteiger charge is 2.30. The molecule has 12 heteroatoms. The second-order valence-electron chi connectivity index (χ2n) is 7.20. The standard InChI is InChI=1S/C22H18F3N7O2/c23-22(24,25)17-2-1-3-18(8-17)29-21(33)30-20-12-32(31-34-20)19(9-26)15-6-4-14(5-7-15)16-10-27-13-28-11-16/h1-8,10-13,19H,9,26H2,(H-,29,30,31,33)/p+1. The molecule has 0 aliphatic rings. The molecule has 0 aliphatic carbocycles. The first-order valence-corrected chi connectivity index (χ1v) is 10.0. The fourth-order valence-electron chi connectivity index (χ4n) is 3.25. The number of urea groups is 1. The van der Waals surface area contributed by atoms with E-state index in [-0.39, 0.29) is 24.2 Å². The van der Waals surface area contributed by atoms with Crippen LogP contribution in [0.5, 0.6) is 0 Å². The lowest BCUT2D eigenvalue weighted by Gasteiger charge is -2.09. The molecule has 4 rings (SSSR count). The molecule has 2 aromatic carbocycles. The molecule has 1 atom stereocenters. The maximum Gasteiger partial charge on any atom is 0.416 e. The van der Waals surface area contributed by atoms with Gasteiger partial charge in [0.2, 0.25) is 11.3 Å². The van der Waals surface area contributed by atoms with Crippen LogP contribution in [-0.4, -0.2) is 27.8 Å². The van der Waals surface area contributed by atoms with Crippen LogP contribution >= 0.6 is 0 Å². The van der Waals surface area contributed by atoms with Crippen molar-refractivity contribution in [3.63, 3.8) is 0 Å². The summed E-state index contributed by atoms with van der Waals surface area (Å²) in [4.78, 5) is 20.2. The minimum Gasteiger partial charge on any atom is -0.324 e. The normalized spacial score (nSPS) is 12.2. The fraction of sp³-hybridized carbons (Fsp3) is 0.136. The Morgan fingerprint density at radius 2 is 1.79 bits per heavy atom. The molecule has 0 bridgehead atoms. The summed E-state index contributed by atoms with van der Waals surface area (Å²) in [6.45, 7) is 0.195. The molecule has 0 saturated heterocycles. The van der Waals surface area contributed by atoms with E-state index < -0.39 is 17.8 Å². The van der Waals surface area contributed by atoms with E-state index in [1.165, 1.54) is 29.3 Å². The van der Waals surface area contributed by atoms with Gasteiger partial charge in [-0.2, -0.15) is 13.2 Å². The lowest BCUT2D eigenvalue weighted by molar-refractivity contribution is -0.775. The van der Waals surface area contributed by atoms with Crippen LogP contribution in [-0.2, 0) is 6.18 Å². The van der Waals surface area contributed by atoms with Crippen LogP contribution in [0.3, 0.4) is 0 Å². The van der Waals surface area contributed by atoms with Crippen molar-refractivity contribution in [2.75, 3.05) is 17.2 Å². The minimum absolute atomic E-state index is 0.0130. The van der Waals surface area contributed by atoms with E-state index in [1.54, 1.807) is 12.4 Å². The summed E-state index contributed by atoms with van der Waals surface area (Å²) in [5.41, 5.74) is 7.68. The number of carbonyl (C=O) groups is 1. The van der Waals surface area contributed by atoms with E-state index in [4.69, 9.17) is 10.3 Å². The van der Waals surface area contributed by atoms with Crippen molar-refractivity contribution in [2.45, 2.75) is 12.2 Å². The van der Waals surface area contributed by atoms with Gasteiger partial charge in [0, 0.05) is 29.2 Å². The summed E-state index contributed by atoms with van der Waals surface area (Å²) in [7, 11) is 0. The predicted octanol–water partition coefficient (Wildman–Crippen LogP) is 3.63. The van der Waals surface area contributed by atoms with E-state index in [9.17, 15) is 18.0 Å². The zero-order valence-electron chi connectivity index (χ0n) is 17.5. The smallest absolute Gasteiger partial charge is 0.324 e. The van der Waals surface area contributed by atoms with Crippen molar-refractivity contribution in [3.8, 4) is 11.1 Å². The van der Waals surface area contributed by atoms with Crippen molar-refractivity contribution >= 4 is 17.6 Å². The Morgan fingerprint density at radius 3 is 2.47 bits per heavy atom. The maximum atomic E-state index is 12.8. The van der Waals surface area contributed by atoms with E-state index >= 15 is 0 Å². The van der Waals surface area contributed by atoms with Crippen LogP contribution in [0, 0.1) is 0 Å². The Labute approximate surface area is 191 Å². The van der Waals surface area contributed by atoms with E-state index in [0.29, 0.717) is 0 Å². The van der Waals surface area contributed by atoms with Gasteiger partial charge in [-0.3, -0.25) is 9.84 Å². The van der Waals surface area contributed by atoms with Crippen molar-refractivity contribution < 1.29 is 27.2 Å². The summed E-state index contributed by atoms with van der Waals surface area (Å²) in [5.74, 6) is -0.0130. The molecule has 0 fully saturated rings. The molecule has 34 heavy (non-hydrogen) atoms. The highest BCUT2D eigenvalue weighted by Crippen LogP contribution is 2.30.